The number of rotatable bonds is 9. The summed E-state index contributed by atoms with van der Waals surface area (Å²) in [5.74, 6) is 0.205. The molecule has 0 aliphatic carbocycles. The number of hydrogen-bond donors (Lipinski definition) is 2. The van der Waals surface area contributed by atoms with Crippen LogP contribution in [0.3, 0.4) is 0 Å². The summed E-state index contributed by atoms with van der Waals surface area (Å²) in [4.78, 5) is 12.8. The molecule has 32 heavy (non-hydrogen) atoms. The van der Waals surface area contributed by atoms with Crippen LogP contribution in [-0.2, 0) is 10.0 Å². The second kappa shape index (κ2) is 10.3. The number of aryl methyl sites for hydroxylation is 2. The Morgan fingerprint density at radius 1 is 0.906 bits per heavy atom. The Morgan fingerprint density at radius 3 is 2.22 bits per heavy atom. The minimum absolute atomic E-state index is 0.109. The molecule has 0 saturated heterocycles. The summed E-state index contributed by atoms with van der Waals surface area (Å²) in [6.45, 7) is 6.44. The minimum atomic E-state index is -3.75. The maximum Gasteiger partial charge on any atom is 0.261 e. The molecule has 0 unspecified atom stereocenters. The van der Waals surface area contributed by atoms with E-state index < -0.39 is 10.0 Å². The van der Waals surface area contributed by atoms with Gasteiger partial charge in [-0.3, -0.25) is 9.52 Å². The number of hydrogen-bond acceptors (Lipinski definition) is 4. The third-order valence-electron chi connectivity index (χ3n) is 4.78. The smallest absolute Gasteiger partial charge is 0.261 e. The number of carbonyl (C=O) groups is 1. The Morgan fingerprint density at radius 2 is 1.56 bits per heavy atom. The molecule has 3 aromatic rings. The summed E-state index contributed by atoms with van der Waals surface area (Å²) >= 11 is 0. The second-order valence-electron chi connectivity index (χ2n) is 7.66. The van der Waals surface area contributed by atoms with Crippen LogP contribution in [0.2, 0.25) is 0 Å². The Hall–Kier alpha value is -3.32. The van der Waals surface area contributed by atoms with Gasteiger partial charge >= 0.3 is 0 Å². The van der Waals surface area contributed by atoms with Gasteiger partial charge in [-0.2, -0.15) is 0 Å². The van der Waals surface area contributed by atoms with Gasteiger partial charge in [0.2, 0.25) is 0 Å². The first-order valence-corrected chi connectivity index (χ1v) is 12.0. The third-order valence-corrected chi connectivity index (χ3v) is 6.18. The fraction of sp³-hybridized carbons (Fsp3) is 0.240. The average Bonchev–Trinajstić information content (AvgIpc) is 2.73. The zero-order valence-electron chi connectivity index (χ0n) is 18.5. The van der Waals surface area contributed by atoms with Crippen molar-refractivity contribution < 1.29 is 17.9 Å². The van der Waals surface area contributed by atoms with Crippen LogP contribution < -0.4 is 14.8 Å². The van der Waals surface area contributed by atoms with Gasteiger partial charge in [0, 0.05) is 11.4 Å². The largest absolute Gasteiger partial charge is 0.493 e. The number of amides is 1. The van der Waals surface area contributed by atoms with Gasteiger partial charge in [0.05, 0.1) is 17.1 Å². The maximum absolute atomic E-state index is 12.7. The molecule has 1 amide bonds. The lowest BCUT2D eigenvalue weighted by atomic mass is 10.1. The first kappa shape index (κ1) is 23.3. The van der Waals surface area contributed by atoms with E-state index in [0.717, 1.165) is 24.0 Å². The highest BCUT2D eigenvalue weighted by Crippen LogP contribution is 2.23. The Labute approximate surface area is 189 Å². The summed E-state index contributed by atoms with van der Waals surface area (Å²) in [7, 11) is -3.75. The molecule has 7 heteroatoms. The number of sulfonamides is 1. The molecule has 0 atom stereocenters. The van der Waals surface area contributed by atoms with E-state index in [-0.39, 0.29) is 10.8 Å². The highest BCUT2D eigenvalue weighted by Gasteiger charge is 2.16. The van der Waals surface area contributed by atoms with Gasteiger partial charge in [-0.15, -0.1) is 0 Å². The molecule has 0 spiro atoms. The van der Waals surface area contributed by atoms with Crippen molar-refractivity contribution in [2.24, 2.45) is 0 Å². The van der Waals surface area contributed by atoms with Gasteiger partial charge < -0.3 is 10.1 Å². The van der Waals surface area contributed by atoms with E-state index in [1.54, 1.807) is 42.5 Å². The summed E-state index contributed by atoms with van der Waals surface area (Å²) in [5.41, 5.74) is 3.37. The molecule has 3 rings (SSSR count). The lowest BCUT2D eigenvalue weighted by Crippen LogP contribution is -2.15. The number of carbonyl (C=O) groups excluding carboxylic acids is 1. The van der Waals surface area contributed by atoms with Crippen LogP contribution >= 0.6 is 0 Å². The lowest BCUT2D eigenvalue weighted by Gasteiger charge is -2.12. The molecular weight excluding hydrogens is 424 g/mol. The van der Waals surface area contributed by atoms with E-state index >= 15 is 0 Å². The highest BCUT2D eigenvalue weighted by atomic mass is 32.2. The maximum atomic E-state index is 12.7. The van der Waals surface area contributed by atoms with Crippen molar-refractivity contribution in [3.63, 3.8) is 0 Å². The summed E-state index contributed by atoms with van der Waals surface area (Å²) in [5, 5.41) is 2.80. The van der Waals surface area contributed by atoms with Gasteiger partial charge in [-0.25, -0.2) is 8.42 Å². The van der Waals surface area contributed by atoms with E-state index in [1.807, 2.05) is 26.0 Å². The zero-order valence-corrected chi connectivity index (χ0v) is 19.3. The van der Waals surface area contributed by atoms with E-state index in [9.17, 15) is 13.2 Å². The van der Waals surface area contributed by atoms with Gasteiger partial charge in [0.25, 0.3) is 15.9 Å². The number of ether oxygens (including phenoxy) is 1. The van der Waals surface area contributed by atoms with Crippen LogP contribution in [0.15, 0.2) is 71.6 Å². The molecule has 0 heterocycles. The Balaban J connectivity index is 1.71. The van der Waals surface area contributed by atoms with Crippen molar-refractivity contribution in [3.05, 3.63) is 83.4 Å². The molecular formula is C25H28N2O4S. The minimum Gasteiger partial charge on any atom is -0.493 e. The van der Waals surface area contributed by atoms with Gasteiger partial charge in [0.1, 0.15) is 5.75 Å². The van der Waals surface area contributed by atoms with Crippen LogP contribution in [0.1, 0.15) is 41.3 Å². The SMILES string of the molecule is CCCCOc1ccccc1C(=O)Nc1ccc(S(=O)(=O)Nc2cc(C)cc(C)c2)cc1. The molecule has 3 aromatic carbocycles. The number of anilines is 2. The molecule has 2 N–H and O–H groups in total. The van der Waals surface area contributed by atoms with Crippen molar-refractivity contribution in [1.82, 2.24) is 0 Å². The topological polar surface area (TPSA) is 84.5 Å². The van der Waals surface area contributed by atoms with Crippen LogP contribution in [0.5, 0.6) is 5.75 Å². The van der Waals surface area contributed by atoms with Crippen LogP contribution in [-0.4, -0.2) is 20.9 Å². The van der Waals surface area contributed by atoms with Crippen molar-refractivity contribution in [2.45, 2.75) is 38.5 Å². The van der Waals surface area contributed by atoms with Crippen LogP contribution in [0.4, 0.5) is 11.4 Å². The third kappa shape index (κ3) is 6.11. The second-order valence-corrected chi connectivity index (χ2v) is 9.34. The first-order chi connectivity index (χ1) is 15.3. The van der Waals surface area contributed by atoms with Crippen molar-refractivity contribution in [2.75, 3.05) is 16.6 Å². The van der Waals surface area contributed by atoms with Crippen molar-refractivity contribution in [1.29, 1.82) is 0 Å². The predicted molar refractivity (Wildman–Crippen MR) is 128 cm³/mol. The van der Waals surface area contributed by atoms with E-state index in [2.05, 4.69) is 17.0 Å². The van der Waals surface area contributed by atoms with Gasteiger partial charge in [-0.1, -0.05) is 31.5 Å². The lowest BCUT2D eigenvalue weighted by molar-refractivity contribution is 0.102. The van der Waals surface area contributed by atoms with E-state index in [1.165, 1.54) is 12.1 Å². The molecule has 0 radical (unpaired) electrons. The quantitative estimate of drug-likeness (QED) is 0.418. The monoisotopic (exact) mass is 452 g/mol. The normalized spacial score (nSPS) is 11.1. The van der Waals surface area contributed by atoms with Crippen LogP contribution in [0, 0.1) is 13.8 Å². The Bertz CT molecular complexity index is 1170. The average molecular weight is 453 g/mol. The Kier molecular flexibility index (Phi) is 7.53. The summed E-state index contributed by atoms with van der Waals surface area (Å²) in [6.07, 6.45) is 1.91. The molecule has 0 aliphatic heterocycles. The van der Waals surface area contributed by atoms with Gasteiger partial charge in [-0.05, 0) is 79.9 Å². The van der Waals surface area contributed by atoms with Crippen molar-refractivity contribution >= 4 is 27.3 Å². The highest BCUT2D eigenvalue weighted by molar-refractivity contribution is 7.92. The zero-order chi connectivity index (χ0) is 23.1. The summed E-state index contributed by atoms with van der Waals surface area (Å²) in [6, 6.07) is 18.6. The molecule has 0 saturated carbocycles. The van der Waals surface area contributed by atoms with E-state index in [4.69, 9.17) is 4.74 Å². The van der Waals surface area contributed by atoms with Crippen molar-refractivity contribution in [3.8, 4) is 5.75 Å². The standard InChI is InChI=1S/C25H28N2O4S/c1-4-5-14-31-24-9-7-6-8-23(24)25(28)26-20-10-12-22(13-11-20)32(29,30)27-21-16-18(2)15-19(3)17-21/h6-13,15-17,27H,4-5,14H2,1-3H3,(H,26,28). The summed E-state index contributed by atoms with van der Waals surface area (Å²) < 4.78 is 33.8. The number of benzene rings is 3. The van der Waals surface area contributed by atoms with Gasteiger partial charge in [0.15, 0.2) is 0 Å². The molecule has 168 valence electrons. The van der Waals surface area contributed by atoms with E-state index in [0.29, 0.717) is 29.3 Å². The molecule has 0 aromatic heterocycles. The van der Waals surface area contributed by atoms with Crippen LogP contribution in [0.25, 0.3) is 0 Å². The predicted octanol–water partition coefficient (Wildman–Crippen LogP) is 5.54. The molecule has 6 nitrogen and oxygen atoms in total. The first-order valence-electron chi connectivity index (χ1n) is 10.5. The fourth-order valence-corrected chi connectivity index (χ4v) is 4.31. The number of nitrogens with one attached hydrogen (secondary N) is 2. The number of unbranched alkanes of at least 4 members (excludes halogenated alkanes) is 1. The molecule has 0 fully saturated rings. The fourth-order valence-electron chi connectivity index (χ4n) is 3.27. The molecule has 0 aliphatic rings. The number of para-hydroxylation sites is 1. The molecule has 0 bridgehead atoms.